The Balaban J connectivity index is 2.69. The Morgan fingerprint density at radius 3 is 1.00 bits per heavy atom. The van der Waals surface area contributed by atoms with Crippen LogP contribution < -0.4 is 0 Å². The van der Waals surface area contributed by atoms with E-state index in [1.54, 1.807) is 0 Å². The highest BCUT2D eigenvalue weighted by molar-refractivity contribution is 5.69. The number of nitrogens with zero attached hydrogens (tertiary/aromatic N) is 1. The number of ether oxygens (including phenoxy) is 6. The van der Waals surface area contributed by atoms with E-state index in [0.717, 1.165) is 83.8 Å². The van der Waals surface area contributed by atoms with Gasteiger partial charge in [-0.15, -0.1) is 0 Å². The van der Waals surface area contributed by atoms with E-state index < -0.39 is 0 Å². The van der Waals surface area contributed by atoms with E-state index in [0.29, 0.717) is 52.5 Å². The molecule has 10 nitrogen and oxygen atoms in total. The SMILES string of the molecule is CCCCCCCCCCOC(CCC(=O)OCCC1(CCOC(=O)CCC(OCCCCCCCCCC)OCCCCCCCCCC)CCN(CCCCO)CC1)OCCCCCCCCCC. The first-order valence-electron chi connectivity index (χ1n) is 31.0. The van der Waals surface area contributed by atoms with E-state index in [2.05, 4.69) is 32.6 Å². The highest BCUT2D eigenvalue weighted by Crippen LogP contribution is 2.39. The Kier molecular flexibility index (Phi) is 49.7. The monoisotopic (exact) mass is 1010 g/mol. The molecule has 0 aromatic carbocycles. The number of hydrogen-bond acceptors (Lipinski definition) is 10. The number of carbonyl (C=O) groups excluding carboxylic acids is 2. The summed E-state index contributed by atoms with van der Waals surface area (Å²) in [6, 6.07) is 0. The van der Waals surface area contributed by atoms with Crippen molar-refractivity contribution in [2.75, 3.05) is 65.9 Å². The van der Waals surface area contributed by atoms with Crippen LogP contribution in [0.1, 0.15) is 297 Å². The van der Waals surface area contributed by atoms with Crippen LogP contribution in [0.25, 0.3) is 0 Å². The average molecular weight is 1010 g/mol. The van der Waals surface area contributed by atoms with Gasteiger partial charge in [0, 0.05) is 45.9 Å². The third-order valence-corrected chi connectivity index (χ3v) is 15.0. The van der Waals surface area contributed by atoms with Crippen LogP contribution in [0.2, 0.25) is 0 Å². The molecule has 0 bridgehead atoms. The van der Waals surface area contributed by atoms with Gasteiger partial charge in [0.15, 0.2) is 12.6 Å². The second-order valence-electron chi connectivity index (χ2n) is 21.5. The summed E-state index contributed by atoms with van der Waals surface area (Å²) in [6.07, 6.45) is 46.1. The lowest BCUT2D eigenvalue weighted by atomic mass is 9.73. The maximum Gasteiger partial charge on any atom is 0.305 e. The van der Waals surface area contributed by atoms with Crippen LogP contribution in [0.15, 0.2) is 0 Å². The molecule has 0 atom stereocenters. The summed E-state index contributed by atoms with van der Waals surface area (Å²) in [7, 11) is 0. The van der Waals surface area contributed by atoms with Gasteiger partial charge in [0.05, 0.1) is 26.1 Å². The smallest absolute Gasteiger partial charge is 0.305 e. The van der Waals surface area contributed by atoms with Crippen molar-refractivity contribution in [3.8, 4) is 0 Å². The number of hydrogen-bond donors (Lipinski definition) is 1. The van der Waals surface area contributed by atoms with Crippen LogP contribution >= 0.6 is 0 Å². The molecule has 0 spiro atoms. The summed E-state index contributed by atoms with van der Waals surface area (Å²) < 4.78 is 36.9. The minimum Gasteiger partial charge on any atom is -0.466 e. The number of piperidine rings is 1. The summed E-state index contributed by atoms with van der Waals surface area (Å²) >= 11 is 0. The van der Waals surface area contributed by atoms with Gasteiger partial charge in [-0.05, 0) is 89.3 Å². The van der Waals surface area contributed by atoms with E-state index in [4.69, 9.17) is 28.4 Å². The lowest BCUT2D eigenvalue weighted by Gasteiger charge is -2.42. The standard InChI is InChI=1S/C61H119NO9/c1-5-9-13-17-21-25-29-35-51-68-59(69-52-36-30-26-22-18-14-10-6-2)41-39-57(64)66-55-45-61(43-48-62(49-44-61)47-33-34-50-63)46-56-67-58(65)40-42-60(70-53-37-31-27-23-19-15-11-7-3)71-54-38-32-28-24-20-16-12-8-4/h59-60,63H,5-56H2,1-4H3. The molecule has 0 aliphatic carbocycles. The van der Waals surface area contributed by atoms with E-state index in [-0.39, 0.29) is 49.4 Å². The Hall–Kier alpha value is -1.30. The predicted octanol–water partition coefficient (Wildman–Crippen LogP) is 16.5. The second kappa shape index (κ2) is 52.2. The minimum absolute atomic E-state index is 0.0739. The van der Waals surface area contributed by atoms with Crippen LogP contribution in [0.4, 0.5) is 0 Å². The fourth-order valence-corrected chi connectivity index (χ4v) is 9.93. The number of rotatable bonds is 56. The van der Waals surface area contributed by atoms with Gasteiger partial charge in [0.1, 0.15) is 0 Å². The molecule has 0 aromatic rings. The van der Waals surface area contributed by atoms with Crippen molar-refractivity contribution in [2.45, 2.75) is 310 Å². The summed E-state index contributed by atoms with van der Waals surface area (Å²) in [5, 5.41) is 9.35. The first kappa shape index (κ1) is 67.7. The summed E-state index contributed by atoms with van der Waals surface area (Å²) in [5.41, 5.74) is -0.0739. The van der Waals surface area contributed by atoms with Crippen molar-refractivity contribution in [3.63, 3.8) is 0 Å². The van der Waals surface area contributed by atoms with Crippen LogP contribution in [-0.4, -0.2) is 100 Å². The largest absolute Gasteiger partial charge is 0.466 e. The van der Waals surface area contributed by atoms with E-state index >= 15 is 0 Å². The molecule has 71 heavy (non-hydrogen) atoms. The molecule has 0 unspecified atom stereocenters. The van der Waals surface area contributed by atoms with Crippen LogP contribution in [0.3, 0.4) is 0 Å². The van der Waals surface area contributed by atoms with E-state index in [9.17, 15) is 14.7 Å². The first-order valence-corrected chi connectivity index (χ1v) is 31.0. The van der Waals surface area contributed by atoms with Gasteiger partial charge in [-0.2, -0.15) is 0 Å². The molecular formula is C61H119NO9. The Labute approximate surface area is 439 Å². The van der Waals surface area contributed by atoms with Crippen LogP contribution in [0.5, 0.6) is 0 Å². The normalized spacial score (nSPS) is 14.0. The molecule has 0 radical (unpaired) electrons. The number of aliphatic hydroxyl groups is 1. The third kappa shape index (κ3) is 43.6. The first-order chi connectivity index (χ1) is 34.9. The second-order valence-corrected chi connectivity index (χ2v) is 21.5. The van der Waals surface area contributed by atoms with Gasteiger partial charge in [0.25, 0.3) is 0 Å². The Morgan fingerprint density at radius 1 is 0.408 bits per heavy atom. The topological polar surface area (TPSA) is 113 Å². The van der Waals surface area contributed by atoms with Crippen molar-refractivity contribution in [2.24, 2.45) is 5.41 Å². The third-order valence-electron chi connectivity index (χ3n) is 15.0. The van der Waals surface area contributed by atoms with Crippen LogP contribution in [0, 0.1) is 5.41 Å². The molecular weight excluding hydrogens is 891 g/mol. The lowest BCUT2D eigenvalue weighted by molar-refractivity contribution is -0.160. The quantitative estimate of drug-likeness (QED) is 0.0359. The fraction of sp³-hybridized carbons (Fsp3) is 0.967. The van der Waals surface area contributed by atoms with Crippen molar-refractivity contribution < 1.29 is 43.1 Å². The summed E-state index contributed by atoms with van der Waals surface area (Å²) in [4.78, 5) is 28.9. The van der Waals surface area contributed by atoms with Crippen LogP contribution in [-0.2, 0) is 38.0 Å². The minimum atomic E-state index is -0.383. The molecule has 1 rings (SSSR count). The molecule has 1 heterocycles. The zero-order chi connectivity index (χ0) is 51.4. The van der Waals surface area contributed by atoms with E-state index in [1.807, 2.05) is 0 Å². The molecule has 10 heteroatoms. The summed E-state index contributed by atoms with van der Waals surface area (Å²) in [6.45, 7) is 15.5. The molecule has 1 fully saturated rings. The molecule has 1 aliphatic heterocycles. The maximum atomic E-state index is 13.2. The number of carbonyl (C=O) groups is 2. The van der Waals surface area contributed by atoms with Gasteiger partial charge >= 0.3 is 11.9 Å². The van der Waals surface area contributed by atoms with Gasteiger partial charge in [-0.1, -0.05) is 207 Å². The molecule has 1 aliphatic rings. The maximum absolute atomic E-state index is 13.2. The van der Waals surface area contributed by atoms with Gasteiger partial charge < -0.3 is 38.4 Å². The number of unbranched alkanes of at least 4 members (excludes halogenated alkanes) is 29. The lowest BCUT2D eigenvalue weighted by Crippen LogP contribution is -2.42. The zero-order valence-electron chi connectivity index (χ0n) is 47.6. The van der Waals surface area contributed by atoms with Gasteiger partial charge in [-0.3, -0.25) is 9.59 Å². The summed E-state index contributed by atoms with van der Waals surface area (Å²) in [5.74, 6) is -0.402. The number of esters is 2. The Morgan fingerprint density at radius 2 is 0.704 bits per heavy atom. The fourth-order valence-electron chi connectivity index (χ4n) is 9.93. The average Bonchev–Trinajstić information content (AvgIpc) is 3.37. The molecule has 0 amide bonds. The van der Waals surface area contributed by atoms with Crippen molar-refractivity contribution in [1.29, 1.82) is 0 Å². The predicted molar refractivity (Wildman–Crippen MR) is 296 cm³/mol. The number of likely N-dealkylation sites (tertiary alicyclic amines) is 1. The molecule has 0 aromatic heterocycles. The highest BCUT2D eigenvalue weighted by atomic mass is 16.7. The molecule has 1 saturated heterocycles. The Bertz CT molecular complexity index is 1000. The van der Waals surface area contributed by atoms with Crippen molar-refractivity contribution >= 4 is 11.9 Å². The van der Waals surface area contributed by atoms with Gasteiger partial charge in [-0.25, -0.2) is 0 Å². The number of aliphatic hydroxyl groups excluding tert-OH is 1. The molecule has 422 valence electrons. The zero-order valence-corrected chi connectivity index (χ0v) is 47.6. The van der Waals surface area contributed by atoms with Gasteiger partial charge in [0.2, 0.25) is 0 Å². The molecule has 0 saturated carbocycles. The molecule has 1 N–H and O–H groups in total. The van der Waals surface area contributed by atoms with E-state index in [1.165, 1.54) is 180 Å². The van der Waals surface area contributed by atoms with Crippen molar-refractivity contribution in [1.82, 2.24) is 4.90 Å². The van der Waals surface area contributed by atoms with Crippen molar-refractivity contribution in [3.05, 3.63) is 0 Å². The highest BCUT2D eigenvalue weighted by Gasteiger charge is 2.35.